The summed E-state index contributed by atoms with van der Waals surface area (Å²) in [4.78, 5) is 36.9. The number of hydrogen-bond donors (Lipinski definition) is 2. The van der Waals surface area contributed by atoms with Crippen LogP contribution in [0.15, 0.2) is 24.3 Å². The average Bonchev–Trinajstić information content (AvgIpc) is 3.26. The van der Waals surface area contributed by atoms with Gasteiger partial charge in [0.05, 0.1) is 24.1 Å². The second-order valence-electron chi connectivity index (χ2n) is 12.9. The number of pyridine rings is 2. The number of carbonyl (C=O) groups is 2. The molecule has 43 heavy (non-hydrogen) atoms. The second-order valence-corrected chi connectivity index (χ2v) is 12.9. The van der Waals surface area contributed by atoms with Crippen LogP contribution in [0.1, 0.15) is 74.1 Å². The third kappa shape index (κ3) is 4.91. The van der Waals surface area contributed by atoms with Gasteiger partial charge >= 0.3 is 12.1 Å². The number of amides is 1. The quantitative estimate of drug-likeness (QED) is 0.471. The zero-order chi connectivity index (χ0) is 30.7. The number of methoxy groups -OCH3 is 1. The molecule has 0 radical (unpaired) electrons. The lowest BCUT2D eigenvalue weighted by Gasteiger charge is -2.52. The maximum absolute atomic E-state index is 14.6. The molecule has 1 amide bonds. The second kappa shape index (κ2) is 10.6. The van der Waals surface area contributed by atoms with E-state index in [1.54, 1.807) is 24.0 Å². The largest absolute Gasteiger partial charge is 0.481 e. The Balaban J connectivity index is 1.37. The van der Waals surface area contributed by atoms with Gasteiger partial charge in [0.1, 0.15) is 11.4 Å². The van der Waals surface area contributed by atoms with Crippen molar-refractivity contribution < 1.29 is 37.3 Å². The number of hydrogen-bond acceptors (Lipinski definition) is 7. The van der Waals surface area contributed by atoms with Crippen molar-refractivity contribution in [2.24, 2.45) is 23.7 Å². The first-order valence-electron chi connectivity index (χ1n) is 14.9. The summed E-state index contributed by atoms with van der Waals surface area (Å²) in [5.41, 5.74) is -2.79. The topological polar surface area (TPSA) is 114 Å². The average molecular weight is 603 g/mol. The number of aromatic nitrogens is 2. The minimum atomic E-state index is -4.96. The maximum atomic E-state index is 14.6. The van der Waals surface area contributed by atoms with Crippen LogP contribution in [0, 0.1) is 23.7 Å². The highest BCUT2D eigenvalue weighted by Gasteiger charge is 2.57. The van der Waals surface area contributed by atoms with E-state index in [0.717, 1.165) is 18.2 Å². The van der Waals surface area contributed by atoms with Crippen LogP contribution in [0.4, 0.5) is 24.7 Å². The van der Waals surface area contributed by atoms with Gasteiger partial charge in [-0.2, -0.15) is 13.2 Å². The molecular weight excluding hydrogens is 565 g/mol. The number of carboxylic acids is 1. The number of halogens is 3. The Morgan fingerprint density at radius 3 is 2.49 bits per heavy atom. The van der Waals surface area contributed by atoms with Gasteiger partial charge in [-0.1, -0.05) is 13.8 Å². The number of ether oxygens (including phenoxy) is 2. The molecule has 5 unspecified atom stereocenters. The van der Waals surface area contributed by atoms with Crippen molar-refractivity contribution in [3.05, 3.63) is 41.2 Å². The third-order valence-electron chi connectivity index (χ3n) is 10.3. The van der Waals surface area contributed by atoms with Gasteiger partial charge in [-0.3, -0.25) is 4.79 Å². The minimum absolute atomic E-state index is 0.0309. The normalized spacial score (nSPS) is 29.7. The summed E-state index contributed by atoms with van der Waals surface area (Å²) >= 11 is 0. The van der Waals surface area contributed by atoms with Crippen LogP contribution in [0.3, 0.4) is 0 Å². The molecule has 0 aromatic carbocycles. The number of anilines is 2. The highest BCUT2D eigenvalue weighted by atomic mass is 19.4. The fourth-order valence-electron chi connectivity index (χ4n) is 8.30. The van der Waals surface area contributed by atoms with E-state index in [1.165, 1.54) is 13.2 Å². The molecule has 2 bridgehead atoms. The Labute approximate surface area is 248 Å². The van der Waals surface area contributed by atoms with Crippen molar-refractivity contribution in [1.82, 2.24) is 15.3 Å². The number of carboxylic acid groups (broad SMARTS) is 1. The van der Waals surface area contributed by atoms with Gasteiger partial charge in [0.15, 0.2) is 5.69 Å². The Bertz CT molecular complexity index is 1420. The molecule has 4 aliphatic rings. The van der Waals surface area contributed by atoms with Gasteiger partial charge in [0.2, 0.25) is 5.88 Å². The molecule has 2 aliphatic carbocycles. The van der Waals surface area contributed by atoms with E-state index >= 15 is 0 Å². The van der Waals surface area contributed by atoms with Gasteiger partial charge in [0, 0.05) is 31.2 Å². The lowest BCUT2D eigenvalue weighted by Crippen LogP contribution is -2.66. The zero-order valence-corrected chi connectivity index (χ0v) is 24.5. The van der Waals surface area contributed by atoms with Crippen molar-refractivity contribution in [3.63, 3.8) is 0 Å². The molecule has 9 nitrogen and oxygen atoms in total. The standard InChI is InChI=1S/C31H37F3N4O5/c1-17-12-19-14-18(2)30(28(40)41,20(13-17)15-19)37-27(39)21-4-6-23(35-25(21)31(32,33)34)38-16-29(8-10-43-11-9-29)26-22(38)5-7-24(36-26)42-3/h4-7,17-20H,8-16H2,1-3H3,(H,37,39)(H,40,41). The third-order valence-corrected chi connectivity index (χ3v) is 10.3. The molecule has 2 aromatic rings. The van der Waals surface area contributed by atoms with Gasteiger partial charge in [-0.15, -0.1) is 0 Å². The molecule has 1 spiro atoms. The Kier molecular flexibility index (Phi) is 7.34. The molecule has 2 aliphatic heterocycles. The van der Waals surface area contributed by atoms with E-state index in [0.29, 0.717) is 69.3 Å². The molecule has 3 fully saturated rings. The van der Waals surface area contributed by atoms with E-state index < -0.39 is 46.2 Å². The first-order valence-corrected chi connectivity index (χ1v) is 14.9. The van der Waals surface area contributed by atoms with Crippen LogP contribution >= 0.6 is 0 Å². The van der Waals surface area contributed by atoms with Crippen LogP contribution in [0.25, 0.3) is 0 Å². The molecule has 2 saturated carbocycles. The molecule has 12 heteroatoms. The van der Waals surface area contributed by atoms with Crippen molar-refractivity contribution in [3.8, 4) is 5.88 Å². The van der Waals surface area contributed by atoms with E-state index in [9.17, 15) is 27.9 Å². The number of nitrogens with zero attached hydrogens (tertiary/aromatic N) is 3. The lowest BCUT2D eigenvalue weighted by molar-refractivity contribution is -0.155. The van der Waals surface area contributed by atoms with Crippen molar-refractivity contribution >= 4 is 23.4 Å². The van der Waals surface area contributed by atoms with Gasteiger partial charge in [-0.25, -0.2) is 14.8 Å². The molecule has 2 N–H and O–H groups in total. The molecular formula is C31H37F3N4O5. The molecule has 232 valence electrons. The van der Waals surface area contributed by atoms with Gasteiger partial charge < -0.3 is 24.8 Å². The molecule has 6 rings (SSSR count). The lowest BCUT2D eigenvalue weighted by atomic mass is 9.56. The smallest absolute Gasteiger partial charge is 0.434 e. The fourth-order valence-corrected chi connectivity index (χ4v) is 8.30. The Hall–Kier alpha value is -3.41. The summed E-state index contributed by atoms with van der Waals surface area (Å²) in [5.74, 6) is -2.03. The number of alkyl halides is 3. The summed E-state index contributed by atoms with van der Waals surface area (Å²) in [7, 11) is 1.51. The van der Waals surface area contributed by atoms with Gasteiger partial charge in [-0.05, 0) is 80.4 Å². The minimum Gasteiger partial charge on any atom is -0.481 e. The van der Waals surface area contributed by atoms with Gasteiger partial charge in [0.25, 0.3) is 5.91 Å². The van der Waals surface area contributed by atoms with Crippen molar-refractivity contribution in [2.75, 3.05) is 31.8 Å². The van der Waals surface area contributed by atoms with Crippen molar-refractivity contribution in [2.45, 2.75) is 69.5 Å². The Morgan fingerprint density at radius 2 is 1.81 bits per heavy atom. The predicted octanol–water partition coefficient (Wildman–Crippen LogP) is 5.35. The van der Waals surface area contributed by atoms with Crippen molar-refractivity contribution in [1.29, 1.82) is 0 Å². The van der Waals surface area contributed by atoms with E-state index in [2.05, 4.69) is 22.2 Å². The summed E-state index contributed by atoms with van der Waals surface area (Å²) in [6, 6.07) is 5.93. The van der Waals surface area contributed by atoms with Crippen LogP contribution in [0.2, 0.25) is 0 Å². The van der Waals surface area contributed by atoms with Crippen LogP contribution in [-0.2, 0) is 21.1 Å². The number of nitrogens with one attached hydrogen (secondary N) is 1. The fraction of sp³-hybridized carbons (Fsp3) is 0.613. The highest BCUT2D eigenvalue weighted by Crippen LogP contribution is 2.51. The molecule has 2 aromatic heterocycles. The number of aliphatic carboxylic acids is 1. The molecule has 1 saturated heterocycles. The monoisotopic (exact) mass is 602 g/mol. The van der Waals surface area contributed by atoms with Crippen LogP contribution in [-0.4, -0.2) is 59.4 Å². The van der Waals surface area contributed by atoms with Crippen LogP contribution in [0.5, 0.6) is 5.88 Å². The van der Waals surface area contributed by atoms with E-state index in [-0.39, 0.29) is 17.7 Å². The first-order chi connectivity index (χ1) is 20.4. The molecule has 4 heterocycles. The number of carbonyl (C=O) groups excluding carboxylic acids is 1. The number of fused-ring (bicyclic) bond motifs is 4. The van der Waals surface area contributed by atoms with E-state index in [1.807, 2.05) is 0 Å². The highest BCUT2D eigenvalue weighted by molar-refractivity contribution is 5.99. The van der Waals surface area contributed by atoms with Crippen LogP contribution < -0.4 is 15.0 Å². The summed E-state index contributed by atoms with van der Waals surface area (Å²) in [6.45, 7) is 5.17. The SMILES string of the molecule is COc1ccc2c(n1)C1(CCOCC1)CN2c1ccc(C(=O)NC2(C(=O)O)C(C)CC3CC(C)CC2C3)c(C(F)(F)F)n1. The summed E-state index contributed by atoms with van der Waals surface area (Å²) in [6.07, 6.45) is -0.875. The van der Waals surface area contributed by atoms with E-state index in [4.69, 9.17) is 9.47 Å². The summed E-state index contributed by atoms with van der Waals surface area (Å²) in [5, 5.41) is 13.1. The predicted molar refractivity (Wildman–Crippen MR) is 150 cm³/mol. The molecule has 5 atom stereocenters. The maximum Gasteiger partial charge on any atom is 0.434 e. The zero-order valence-electron chi connectivity index (χ0n) is 24.5. The first kappa shape index (κ1) is 29.7. The number of rotatable bonds is 5. The summed E-state index contributed by atoms with van der Waals surface area (Å²) < 4.78 is 54.6. The Morgan fingerprint density at radius 1 is 1.07 bits per heavy atom.